The quantitative estimate of drug-likeness (QED) is 0.773. The molecule has 1 aliphatic carbocycles. The Bertz CT molecular complexity index is 386. The topological polar surface area (TPSA) is 61.4 Å². The minimum atomic E-state index is -0.0646. The van der Waals surface area contributed by atoms with Crippen LogP contribution in [0.4, 0.5) is 0 Å². The van der Waals surface area contributed by atoms with Crippen LogP contribution in [0.2, 0.25) is 0 Å². The lowest BCUT2D eigenvalue weighted by Crippen LogP contribution is -2.41. The molecule has 6 heteroatoms. The minimum Gasteiger partial charge on any atom is -0.353 e. The molecule has 0 radical (unpaired) electrons. The second kappa shape index (κ2) is 10.1. The molecule has 1 aliphatic heterocycles. The van der Waals surface area contributed by atoms with Gasteiger partial charge in [-0.25, -0.2) is 0 Å². The van der Waals surface area contributed by atoms with Gasteiger partial charge in [0.1, 0.15) is 0 Å². The van der Waals surface area contributed by atoms with Crippen LogP contribution >= 0.6 is 12.4 Å². The van der Waals surface area contributed by atoms with Gasteiger partial charge in [0.2, 0.25) is 11.8 Å². The number of rotatable bonds is 6. The fourth-order valence-electron chi connectivity index (χ4n) is 3.68. The van der Waals surface area contributed by atoms with Crippen molar-refractivity contribution in [3.63, 3.8) is 0 Å². The lowest BCUT2D eigenvalue weighted by atomic mass is 9.88. The first-order chi connectivity index (χ1) is 10.6. The summed E-state index contributed by atoms with van der Waals surface area (Å²) >= 11 is 0. The number of halogens is 1. The van der Waals surface area contributed by atoms with Gasteiger partial charge in [-0.2, -0.15) is 0 Å². The Balaban J connectivity index is 0.00000264. The molecule has 0 spiro atoms. The number of likely N-dealkylation sites (tertiary alicyclic amines) is 1. The normalized spacial score (nSPS) is 23.2. The van der Waals surface area contributed by atoms with E-state index in [0.717, 1.165) is 51.7 Å². The highest BCUT2D eigenvalue weighted by Gasteiger charge is 2.27. The van der Waals surface area contributed by atoms with Crippen molar-refractivity contribution in [2.24, 2.45) is 11.8 Å². The van der Waals surface area contributed by atoms with Crippen molar-refractivity contribution < 1.29 is 9.59 Å². The van der Waals surface area contributed by atoms with Gasteiger partial charge in [0.15, 0.2) is 0 Å². The van der Waals surface area contributed by atoms with Gasteiger partial charge in [-0.15, -0.1) is 12.4 Å². The van der Waals surface area contributed by atoms with Crippen molar-refractivity contribution in [3.8, 4) is 0 Å². The maximum atomic E-state index is 12.3. The molecule has 0 aromatic rings. The van der Waals surface area contributed by atoms with Crippen LogP contribution in [-0.4, -0.2) is 49.4 Å². The van der Waals surface area contributed by atoms with Crippen molar-refractivity contribution in [2.45, 2.75) is 57.9 Å². The van der Waals surface area contributed by atoms with E-state index in [4.69, 9.17) is 0 Å². The largest absolute Gasteiger partial charge is 0.353 e. The first kappa shape index (κ1) is 20.2. The van der Waals surface area contributed by atoms with Crippen molar-refractivity contribution in [2.75, 3.05) is 26.7 Å². The Kier molecular flexibility index (Phi) is 8.92. The number of carbonyl (C=O) groups is 2. The molecule has 5 nitrogen and oxygen atoms in total. The van der Waals surface area contributed by atoms with Gasteiger partial charge < -0.3 is 15.5 Å². The molecule has 134 valence electrons. The third-order valence-corrected chi connectivity index (χ3v) is 4.98. The number of amides is 2. The van der Waals surface area contributed by atoms with Crippen LogP contribution in [0.1, 0.15) is 51.9 Å². The molecule has 0 aromatic heterocycles. The van der Waals surface area contributed by atoms with E-state index in [1.165, 1.54) is 6.42 Å². The fourth-order valence-corrected chi connectivity index (χ4v) is 3.68. The third-order valence-electron chi connectivity index (χ3n) is 4.98. The van der Waals surface area contributed by atoms with Crippen LogP contribution in [0.5, 0.6) is 0 Å². The third kappa shape index (κ3) is 6.30. The average molecular weight is 346 g/mol. The lowest BCUT2D eigenvalue weighted by molar-refractivity contribution is -0.131. The SMILES string of the molecule is CNCC1CCN(C(=O)CC(C)NC(=O)C2CCCCC2)C1.Cl. The second-order valence-electron chi connectivity index (χ2n) is 7.00. The summed E-state index contributed by atoms with van der Waals surface area (Å²) in [5.74, 6) is 1.06. The number of nitrogens with one attached hydrogen (secondary N) is 2. The molecule has 2 aliphatic rings. The predicted molar refractivity (Wildman–Crippen MR) is 94.7 cm³/mol. The molecule has 2 atom stereocenters. The van der Waals surface area contributed by atoms with Gasteiger partial charge in [0.05, 0.1) is 0 Å². The smallest absolute Gasteiger partial charge is 0.224 e. The first-order valence-corrected chi connectivity index (χ1v) is 8.83. The summed E-state index contributed by atoms with van der Waals surface area (Å²) in [6, 6.07) is -0.0646. The second-order valence-corrected chi connectivity index (χ2v) is 7.00. The molecule has 2 N–H and O–H groups in total. The minimum absolute atomic E-state index is 0. The number of hydrogen-bond acceptors (Lipinski definition) is 3. The number of nitrogens with zero attached hydrogens (tertiary/aromatic N) is 1. The van der Waals surface area contributed by atoms with Crippen LogP contribution in [0.25, 0.3) is 0 Å². The summed E-state index contributed by atoms with van der Waals surface area (Å²) in [5, 5.41) is 6.22. The summed E-state index contributed by atoms with van der Waals surface area (Å²) in [6.45, 7) is 4.62. The highest BCUT2D eigenvalue weighted by Crippen LogP contribution is 2.24. The molecule has 23 heavy (non-hydrogen) atoms. The zero-order valence-corrected chi connectivity index (χ0v) is 15.3. The van der Waals surface area contributed by atoms with Crippen LogP contribution in [-0.2, 0) is 9.59 Å². The molecule has 0 aromatic carbocycles. The average Bonchev–Trinajstić information content (AvgIpc) is 2.97. The van der Waals surface area contributed by atoms with Crippen LogP contribution in [0.15, 0.2) is 0 Å². The Morgan fingerprint density at radius 2 is 1.87 bits per heavy atom. The highest BCUT2D eigenvalue weighted by atomic mass is 35.5. The zero-order valence-electron chi connectivity index (χ0n) is 14.5. The highest BCUT2D eigenvalue weighted by molar-refractivity contribution is 5.85. The summed E-state index contributed by atoms with van der Waals surface area (Å²) < 4.78 is 0. The molecule has 2 unspecified atom stereocenters. The molecule has 2 fully saturated rings. The van der Waals surface area contributed by atoms with Crippen molar-refractivity contribution in [1.29, 1.82) is 0 Å². The van der Waals surface area contributed by atoms with Crippen LogP contribution < -0.4 is 10.6 Å². The maximum Gasteiger partial charge on any atom is 0.224 e. The van der Waals surface area contributed by atoms with E-state index >= 15 is 0 Å². The number of carbonyl (C=O) groups excluding carboxylic acids is 2. The van der Waals surface area contributed by atoms with E-state index in [9.17, 15) is 9.59 Å². The zero-order chi connectivity index (χ0) is 15.9. The van der Waals surface area contributed by atoms with Crippen molar-refractivity contribution >= 4 is 24.2 Å². The summed E-state index contributed by atoms with van der Waals surface area (Å²) in [5.41, 5.74) is 0. The molecule has 1 saturated carbocycles. The van der Waals surface area contributed by atoms with E-state index in [2.05, 4.69) is 10.6 Å². The summed E-state index contributed by atoms with van der Waals surface area (Å²) in [4.78, 5) is 26.5. The van der Waals surface area contributed by atoms with Crippen LogP contribution in [0.3, 0.4) is 0 Å². The molecule has 0 bridgehead atoms. The number of hydrogen-bond donors (Lipinski definition) is 2. The Labute approximate surface area is 146 Å². The Morgan fingerprint density at radius 1 is 1.17 bits per heavy atom. The van der Waals surface area contributed by atoms with Crippen LogP contribution in [0, 0.1) is 11.8 Å². The molecule has 2 amide bonds. The Hall–Kier alpha value is -0.810. The predicted octanol–water partition coefficient (Wildman–Crippen LogP) is 1.95. The van der Waals surface area contributed by atoms with Gasteiger partial charge in [0.25, 0.3) is 0 Å². The monoisotopic (exact) mass is 345 g/mol. The summed E-state index contributed by atoms with van der Waals surface area (Å²) in [6.07, 6.45) is 7.08. The summed E-state index contributed by atoms with van der Waals surface area (Å²) in [7, 11) is 1.95. The standard InChI is InChI=1S/C17H31N3O2.ClH/c1-13(19-17(22)15-6-4-3-5-7-15)10-16(21)20-9-8-14(12-20)11-18-2;/h13-15,18H,3-12H2,1-2H3,(H,19,22);1H. The van der Waals surface area contributed by atoms with Crippen molar-refractivity contribution in [3.05, 3.63) is 0 Å². The molecule has 1 saturated heterocycles. The molecular formula is C17H32ClN3O2. The van der Waals surface area contributed by atoms with E-state index in [1.807, 2.05) is 18.9 Å². The molecular weight excluding hydrogens is 314 g/mol. The lowest BCUT2D eigenvalue weighted by Gasteiger charge is -2.24. The van der Waals surface area contributed by atoms with Gasteiger partial charge in [-0.05, 0) is 45.7 Å². The van der Waals surface area contributed by atoms with Gasteiger partial charge >= 0.3 is 0 Å². The molecule has 2 rings (SSSR count). The molecule has 1 heterocycles. The first-order valence-electron chi connectivity index (χ1n) is 8.83. The van der Waals surface area contributed by atoms with Gasteiger partial charge in [-0.1, -0.05) is 19.3 Å². The van der Waals surface area contributed by atoms with E-state index in [0.29, 0.717) is 12.3 Å². The van der Waals surface area contributed by atoms with E-state index in [1.54, 1.807) is 0 Å². The van der Waals surface area contributed by atoms with E-state index in [-0.39, 0.29) is 36.2 Å². The van der Waals surface area contributed by atoms with Crippen molar-refractivity contribution in [1.82, 2.24) is 15.5 Å². The van der Waals surface area contributed by atoms with E-state index < -0.39 is 0 Å². The Morgan fingerprint density at radius 3 is 2.52 bits per heavy atom. The van der Waals surface area contributed by atoms with Gasteiger partial charge in [0, 0.05) is 31.5 Å². The fraction of sp³-hybridized carbons (Fsp3) is 0.882. The maximum absolute atomic E-state index is 12.3. The van der Waals surface area contributed by atoms with Gasteiger partial charge in [-0.3, -0.25) is 9.59 Å².